The Balaban J connectivity index is 1.47. The Morgan fingerprint density at radius 3 is 2.50 bits per heavy atom. The van der Waals surface area contributed by atoms with Crippen LogP contribution in [-0.4, -0.2) is 25.7 Å². The predicted octanol–water partition coefficient (Wildman–Crippen LogP) is 2.78. The van der Waals surface area contributed by atoms with E-state index in [4.69, 9.17) is 14.2 Å². The SMILES string of the molecule is COc1ccccc1NC(=O)C1(C(=O)Nc2ccc3c(c2)OCO3)CC1. The summed E-state index contributed by atoms with van der Waals surface area (Å²) in [6.07, 6.45) is 1.01. The molecule has 2 amide bonds. The molecule has 1 heterocycles. The first-order valence-electron chi connectivity index (χ1n) is 8.28. The first kappa shape index (κ1) is 16.3. The maximum Gasteiger partial charge on any atom is 0.240 e. The van der Waals surface area contributed by atoms with Crippen LogP contribution >= 0.6 is 0 Å². The predicted molar refractivity (Wildman–Crippen MR) is 94.5 cm³/mol. The van der Waals surface area contributed by atoms with Crippen LogP contribution in [0.3, 0.4) is 0 Å². The number of benzene rings is 2. The van der Waals surface area contributed by atoms with Gasteiger partial charge in [0.25, 0.3) is 0 Å². The van der Waals surface area contributed by atoms with Crippen molar-refractivity contribution >= 4 is 23.2 Å². The van der Waals surface area contributed by atoms with E-state index in [2.05, 4.69) is 10.6 Å². The molecule has 1 saturated carbocycles. The Morgan fingerprint density at radius 1 is 1.00 bits per heavy atom. The molecule has 2 N–H and O–H groups in total. The summed E-state index contributed by atoms with van der Waals surface area (Å²) in [5.74, 6) is 1.10. The Kier molecular flexibility index (Phi) is 3.91. The third kappa shape index (κ3) is 2.81. The van der Waals surface area contributed by atoms with Crippen LogP contribution in [0.25, 0.3) is 0 Å². The fraction of sp³-hybridized carbons (Fsp3) is 0.263. The molecule has 2 aromatic carbocycles. The van der Waals surface area contributed by atoms with E-state index < -0.39 is 5.41 Å². The van der Waals surface area contributed by atoms with E-state index in [1.54, 1.807) is 36.4 Å². The molecular weight excluding hydrogens is 336 g/mol. The van der Waals surface area contributed by atoms with Gasteiger partial charge in [0.1, 0.15) is 11.2 Å². The molecule has 0 atom stereocenters. The van der Waals surface area contributed by atoms with Crippen molar-refractivity contribution in [1.29, 1.82) is 0 Å². The van der Waals surface area contributed by atoms with Gasteiger partial charge < -0.3 is 24.8 Å². The van der Waals surface area contributed by atoms with Gasteiger partial charge in [0.2, 0.25) is 18.6 Å². The first-order valence-corrected chi connectivity index (χ1v) is 8.28. The highest BCUT2D eigenvalue weighted by atomic mass is 16.7. The number of rotatable bonds is 5. The second kappa shape index (κ2) is 6.25. The van der Waals surface area contributed by atoms with Gasteiger partial charge in [0.05, 0.1) is 12.8 Å². The molecule has 0 saturated heterocycles. The Morgan fingerprint density at radius 2 is 1.73 bits per heavy atom. The van der Waals surface area contributed by atoms with E-state index in [1.165, 1.54) is 7.11 Å². The number of ether oxygens (including phenoxy) is 3. The molecule has 0 bridgehead atoms. The van der Waals surface area contributed by atoms with Crippen LogP contribution in [0.15, 0.2) is 42.5 Å². The number of hydrogen-bond acceptors (Lipinski definition) is 5. The average molecular weight is 354 g/mol. The minimum atomic E-state index is -1.06. The lowest BCUT2D eigenvalue weighted by atomic mass is 10.0. The minimum Gasteiger partial charge on any atom is -0.495 e. The maximum atomic E-state index is 12.7. The van der Waals surface area contributed by atoms with Crippen molar-refractivity contribution in [3.63, 3.8) is 0 Å². The Bertz CT molecular complexity index is 876. The van der Waals surface area contributed by atoms with Crippen molar-refractivity contribution in [2.75, 3.05) is 24.5 Å². The molecule has 7 heteroatoms. The van der Waals surface area contributed by atoms with Crippen LogP contribution in [0.1, 0.15) is 12.8 Å². The molecule has 1 aliphatic heterocycles. The average Bonchev–Trinajstić information content (AvgIpc) is 3.34. The van der Waals surface area contributed by atoms with Crippen LogP contribution < -0.4 is 24.8 Å². The zero-order chi connectivity index (χ0) is 18.1. The summed E-state index contributed by atoms with van der Waals surface area (Å²) in [5, 5.41) is 5.61. The van der Waals surface area contributed by atoms with E-state index in [1.807, 2.05) is 6.07 Å². The third-order valence-electron chi connectivity index (χ3n) is 4.60. The Hall–Kier alpha value is -3.22. The molecular formula is C19H18N2O5. The van der Waals surface area contributed by atoms with Crippen molar-refractivity contribution in [2.45, 2.75) is 12.8 Å². The number of hydrogen-bond donors (Lipinski definition) is 2. The quantitative estimate of drug-likeness (QED) is 0.807. The summed E-state index contributed by atoms with van der Waals surface area (Å²) in [6, 6.07) is 12.2. The fourth-order valence-electron chi connectivity index (χ4n) is 2.90. The largest absolute Gasteiger partial charge is 0.495 e. The number of fused-ring (bicyclic) bond motifs is 1. The van der Waals surface area contributed by atoms with Crippen LogP contribution in [0.4, 0.5) is 11.4 Å². The summed E-state index contributed by atoms with van der Waals surface area (Å²) < 4.78 is 15.8. The first-order chi connectivity index (χ1) is 12.6. The normalized spacial score (nSPS) is 15.9. The van der Waals surface area contributed by atoms with Crippen molar-refractivity contribution in [3.05, 3.63) is 42.5 Å². The molecule has 0 spiro atoms. The molecule has 0 unspecified atom stereocenters. The summed E-state index contributed by atoms with van der Waals surface area (Å²) in [6.45, 7) is 0.165. The second-order valence-electron chi connectivity index (χ2n) is 6.26. The number of amides is 2. The van der Waals surface area contributed by atoms with Gasteiger partial charge in [-0.2, -0.15) is 0 Å². The Labute approximate surface area is 150 Å². The highest BCUT2D eigenvalue weighted by Gasteiger charge is 2.56. The molecule has 1 aliphatic carbocycles. The molecule has 0 radical (unpaired) electrons. The van der Waals surface area contributed by atoms with Crippen molar-refractivity contribution in [2.24, 2.45) is 5.41 Å². The van der Waals surface area contributed by atoms with Gasteiger partial charge in [-0.25, -0.2) is 0 Å². The molecule has 1 fully saturated rings. The van der Waals surface area contributed by atoms with Crippen LogP contribution in [0.5, 0.6) is 17.2 Å². The van der Waals surface area contributed by atoms with Crippen LogP contribution in [0, 0.1) is 5.41 Å². The van der Waals surface area contributed by atoms with E-state index in [0.717, 1.165) is 0 Å². The van der Waals surface area contributed by atoms with E-state index in [9.17, 15) is 9.59 Å². The number of nitrogens with one attached hydrogen (secondary N) is 2. The van der Waals surface area contributed by atoms with Gasteiger partial charge in [0.15, 0.2) is 11.5 Å². The zero-order valence-corrected chi connectivity index (χ0v) is 14.2. The van der Waals surface area contributed by atoms with Crippen molar-refractivity contribution in [3.8, 4) is 17.2 Å². The lowest BCUT2D eigenvalue weighted by molar-refractivity contribution is -0.131. The zero-order valence-electron chi connectivity index (χ0n) is 14.2. The molecule has 2 aliphatic rings. The van der Waals surface area contributed by atoms with Crippen LogP contribution in [-0.2, 0) is 9.59 Å². The second-order valence-corrected chi connectivity index (χ2v) is 6.26. The van der Waals surface area contributed by atoms with Gasteiger partial charge in [-0.3, -0.25) is 9.59 Å². The number of methoxy groups -OCH3 is 1. The molecule has 2 aromatic rings. The van der Waals surface area contributed by atoms with E-state index in [-0.39, 0.29) is 18.6 Å². The summed E-state index contributed by atoms with van der Waals surface area (Å²) in [4.78, 5) is 25.4. The smallest absolute Gasteiger partial charge is 0.240 e. The number of carbonyl (C=O) groups is 2. The molecule has 26 heavy (non-hydrogen) atoms. The minimum absolute atomic E-state index is 0.165. The molecule has 0 aromatic heterocycles. The molecule has 4 rings (SSSR count). The maximum absolute atomic E-state index is 12.7. The van der Waals surface area contributed by atoms with Gasteiger partial charge in [-0.05, 0) is 37.1 Å². The summed E-state index contributed by atoms with van der Waals surface area (Å²) >= 11 is 0. The molecule has 7 nitrogen and oxygen atoms in total. The van der Waals surface area contributed by atoms with E-state index >= 15 is 0 Å². The number of carbonyl (C=O) groups excluding carboxylic acids is 2. The van der Waals surface area contributed by atoms with Crippen molar-refractivity contribution < 1.29 is 23.8 Å². The number of para-hydroxylation sites is 2. The third-order valence-corrected chi connectivity index (χ3v) is 4.60. The van der Waals surface area contributed by atoms with Crippen LogP contribution in [0.2, 0.25) is 0 Å². The highest BCUT2D eigenvalue weighted by Crippen LogP contribution is 2.48. The monoisotopic (exact) mass is 354 g/mol. The van der Waals surface area contributed by atoms with Gasteiger partial charge in [-0.1, -0.05) is 12.1 Å². The lowest BCUT2D eigenvalue weighted by Crippen LogP contribution is -2.35. The summed E-state index contributed by atoms with van der Waals surface area (Å²) in [7, 11) is 1.53. The van der Waals surface area contributed by atoms with E-state index in [0.29, 0.717) is 41.5 Å². The van der Waals surface area contributed by atoms with Gasteiger partial charge in [0, 0.05) is 11.8 Å². The fourth-order valence-corrected chi connectivity index (χ4v) is 2.90. The highest BCUT2D eigenvalue weighted by molar-refractivity contribution is 6.17. The number of anilines is 2. The standard InChI is InChI=1S/C19H18N2O5/c1-24-14-5-3-2-4-13(14)21-18(23)19(8-9-19)17(22)20-12-6-7-15-16(10-12)26-11-25-15/h2-7,10H,8-9,11H2,1H3,(H,20,22)(H,21,23). The van der Waals surface area contributed by atoms with Gasteiger partial charge in [-0.15, -0.1) is 0 Å². The summed E-state index contributed by atoms with van der Waals surface area (Å²) in [5.41, 5.74) is 0.0507. The van der Waals surface area contributed by atoms with Crippen molar-refractivity contribution in [1.82, 2.24) is 0 Å². The topological polar surface area (TPSA) is 85.9 Å². The van der Waals surface area contributed by atoms with Gasteiger partial charge >= 0.3 is 0 Å². The molecule has 134 valence electrons. The lowest BCUT2D eigenvalue weighted by Gasteiger charge is -2.17.